The zero-order chi connectivity index (χ0) is 14.6. The Morgan fingerprint density at radius 2 is 2.35 bits per heavy atom. The van der Waals surface area contributed by atoms with Crippen molar-refractivity contribution < 1.29 is 4.74 Å². The van der Waals surface area contributed by atoms with Crippen molar-refractivity contribution in [2.24, 2.45) is 16.1 Å². The number of hydrogen-bond acceptors (Lipinski definition) is 3. The standard InChI is InChI=1S/C15H20ClN3O/c1-15(7-5-11(6-8-15)14(17)18-2)10-20-13-4-3-12(16)9-19-13/h3-5,9H,6-8,10H2,1-2H3,(H2,17,18). The van der Waals surface area contributed by atoms with E-state index in [-0.39, 0.29) is 5.41 Å². The second kappa shape index (κ2) is 6.27. The molecule has 108 valence electrons. The second-order valence-electron chi connectivity index (χ2n) is 5.46. The van der Waals surface area contributed by atoms with Gasteiger partial charge in [-0.25, -0.2) is 4.98 Å². The lowest BCUT2D eigenvalue weighted by molar-refractivity contribution is 0.145. The topological polar surface area (TPSA) is 60.5 Å². The van der Waals surface area contributed by atoms with E-state index in [0.717, 1.165) is 24.8 Å². The van der Waals surface area contributed by atoms with Crippen molar-refractivity contribution in [2.45, 2.75) is 26.2 Å². The summed E-state index contributed by atoms with van der Waals surface area (Å²) >= 11 is 5.80. The first kappa shape index (κ1) is 14.9. The number of nitrogens with zero attached hydrogens (tertiary/aromatic N) is 2. The fourth-order valence-electron chi connectivity index (χ4n) is 2.21. The van der Waals surface area contributed by atoms with Gasteiger partial charge in [-0.2, -0.15) is 0 Å². The molecule has 1 unspecified atom stereocenters. The van der Waals surface area contributed by atoms with Crippen LogP contribution >= 0.6 is 11.6 Å². The molecule has 0 bridgehead atoms. The summed E-state index contributed by atoms with van der Waals surface area (Å²) < 4.78 is 5.77. The van der Waals surface area contributed by atoms with Crippen LogP contribution in [0.15, 0.2) is 35.0 Å². The molecule has 1 aromatic heterocycles. The number of rotatable bonds is 4. The van der Waals surface area contributed by atoms with Crippen LogP contribution < -0.4 is 10.5 Å². The molecule has 1 atom stereocenters. The molecule has 1 aliphatic carbocycles. The minimum absolute atomic E-state index is 0.110. The molecule has 0 fully saturated rings. The monoisotopic (exact) mass is 293 g/mol. The van der Waals surface area contributed by atoms with Gasteiger partial charge in [0, 0.05) is 24.7 Å². The lowest BCUT2D eigenvalue weighted by Crippen LogP contribution is -2.29. The van der Waals surface area contributed by atoms with Crippen LogP contribution in [0.3, 0.4) is 0 Å². The van der Waals surface area contributed by atoms with Gasteiger partial charge in [0.15, 0.2) is 0 Å². The molecule has 0 aliphatic heterocycles. The van der Waals surface area contributed by atoms with Gasteiger partial charge >= 0.3 is 0 Å². The van der Waals surface area contributed by atoms with Gasteiger partial charge in [0.2, 0.25) is 5.88 Å². The van der Waals surface area contributed by atoms with Crippen molar-refractivity contribution >= 4 is 17.4 Å². The molecule has 1 heterocycles. The molecule has 1 aromatic rings. The number of allylic oxidation sites excluding steroid dienone is 1. The number of nitrogens with two attached hydrogens (primary N) is 1. The fraction of sp³-hybridized carbons (Fsp3) is 0.467. The van der Waals surface area contributed by atoms with Crippen molar-refractivity contribution in [3.63, 3.8) is 0 Å². The van der Waals surface area contributed by atoms with Crippen molar-refractivity contribution in [3.8, 4) is 5.88 Å². The Kier molecular flexibility index (Phi) is 4.65. The van der Waals surface area contributed by atoms with E-state index < -0.39 is 0 Å². The average molecular weight is 294 g/mol. The van der Waals surface area contributed by atoms with Crippen molar-refractivity contribution in [1.29, 1.82) is 0 Å². The lowest BCUT2D eigenvalue weighted by atomic mass is 9.77. The van der Waals surface area contributed by atoms with Gasteiger partial charge in [0.25, 0.3) is 0 Å². The summed E-state index contributed by atoms with van der Waals surface area (Å²) in [5.41, 5.74) is 7.10. The van der Waals surface area contributed by atoms with Crippen LogP contribution in [0.4, 0.5) is 0 Å². The fourth-order valence-corrected chi connectivity index (χ4v) is 2.33. The molecule has 0 saturated carbocycles. The largest absolute Gasteiger partial charge is 0.477 e. The van der Waals surface area contributed by atoms with Crippen molar-refractivity contribution in [2.75, 3.05) is 13.7 Å². The first-order valence-electron chi connectivity index (χ1n) is 6.68. The highest BCUT2D eigenvalue weighted by Crippen LogP contribution is 2.35. The number of pyridine rings is 1. The molecule has 20 heavy (non-hydrogen) atoms. The maximum Gasteiger partial charge on any atom is 0.213 e. The average Bonchev–Trinajstić information content (AvgIpc) is 2.47. The number of halogens is 1. The smallest absolute Gasteiger partial charge is 0.213 e. The summed E-state index contributed by atoms with van der Waals surface area (Å²) in [6.07, 6.45) is 6.67. The predicted molar refractivity (Wildman–Crippen MR) is 82.3 cm³/mol. The molecule has 5 heteroatoms. The van der Waals surface area contributed by atoms with Crippen LogP contribution in [0.1, 0.15) is 26.2 Å². The Hall–Kier alpha value is -1.55. The van der Waals surface area contributed by atoms with Crippen molar-refractivity contribution in [3.05, 3.63) is 35.0 Å². The lowest BCUT2D eigenvalue weighted by Gasteiger charge is -2.32. The van der Waals surface area contributed by atoms with Crippen LogP contribution in [0.5, 0.6) is 5.88 Å². The third-order valence-electron chi connectivity index (χ3n) is 3.68. The summed E-state index contributed by atoms with van der Waals surface area (Å²) in [4.78, 5) is 8.18. The van der Waals surface area contributed by atoms with Crippen LogP contribution in [0.2, 0.25) is 5.02 Å². The maximum absolute atomic E-state index is 5.84. The Bertz CT molecular complexity index is 524. The Morgan fingerprint density at radius 3 is 2.90 bits per heavy atom. The number of amidine groups is 1. The summed E-state index contributed by atoms with van der Waals surface area (Å²) in [6, 6.07) is 3.57. The van der Waals surface area contributed by atoms with Gasteiger partial charge in [-0.15, -0.1) is 0 Å². The van der Waals surface area contributed by atoms with Crippen LogP contribution in [0.25, 0.3) is 0 Å². The molecule has 0 aromatic carbocycles. The van der Waals surface area contributed by atoms with Crippen LogP contribution in [0, 0.1) is 5.41 Å². The third-order valence-corrected chi connectivity index (χ3v) is 3.90. The van der Waals surface area contributed by atoms with Gasteiger partial charge < -0.3 is 10.5 Å². The maximum atomic E-state index is 5.84. The molecule has 4 nitrogen and oxygen atoms in total. The minimum atomic E-state index is 0.110. The van der Waals surface area contributed by atoms with Gasteiger partial charge in [-0.05, 0) is 30.9 Å². The molecule has 1 aliphatic rings. The highest BCUT2D eigenvalue weighted by Gasteiger charge is 2.28. The van der Waals surface area contributed by atoms with E-state index in [2.05, 4.69) is 23.0 Å². The number of aromatic nitrogens is 1. The highest BCUT2D eigenvalue weighted by molar-refractivity contribution is 6.30. The van der Waals surface area contributed by atoms with Gasteiger partial charge in [-0.1, -0.05) is 24.6 Å². The minimum Gasteiger partial charge on any atom is -0.477 e. The normalized spacial score (nSPS) is 23.4. The Morgan fingerprint density at radius 1 is 1.55 bits per heavy atom. The summed E-state index contributed by atoms with van der Waals surface area (Å²) in [5.74, 6) is 1.26. The van der Waals surface area contributed by atoms with Crippen LogP contribution in [-0.4, -0.2) is 24.5 Å². The Balaban J connectivity index is 1.93. The third kappa shape index (κ3) is 3.73. The van der Waals surface area contributed by atoms with E-state index in [1.807, 2.05) is 0 Å². The zero-order valence-electron chi connectivity index (χ0n) is 11.9. The van der Waals surface area contributed by atoms with Gasteiger partial charge in [0.05, 0.1) is 11.6 Å². The van der Waals surface area contributed by atoms with E-state index in [0.29, 0.717) is 23.3 Å². The first-order chi connectivity index (χ1) is 9.52. The molecule has 2 N–H and O–H groups in total. The molecule has 0 amide bonds. The second-order valence-corrected chi connectivity index (χ2v) is 5.89. The predicted octanol–water partition coefficient (Wildman–Crippen LogP) is 3.22. The van der Waals surface area contributed by atoms with E-state index in [4.69, 9.17) is 22.1 Å². The number of hydrogen-bond donors (Lipinski definition) is 1. The van der Waals surface area contributed by atoms with Crippen molar-refractivity contribution in [1.82, 2.24) is 4.98 Å². The highest BCUT2D eigenvalue weighted by atomic mass is 35.5. The zero-order valence-corrected chi connectivity index (χ0v) is 12.7. The molecular formula is C15H20ClN3O. The quantitative estimate of drug-likeness (QED) is 0.685. The molecular weight excluding hydrogens is 274 g/mol. The van der Waals surface area contributed by atoms with E-state index in [9.17, 15) is 0 Å². The van der Waals surface area contributed by atoms with E-state index in [1.165, 1.54) is 0 Å². The van der Waals surface area contributed by atoms with E-state index in [1.54, 1.807) is 25.4 Å². The van der Waals surface area contributed by atoms with E-state index >= 15 is 0 Å². The molecule has 0 saturated heterocycles. The van der Waals surface area contributed by atoms with Gasteiger partial charge in [-0.3, -0.25) is 4.99 Å². The number of ether oxygens (including phenoxy) is 1. The first-order valence-corrected chi connectivity index (χ1v) is 7.06. The Labute approximate surface area is 124 Å². The summed E-state index contributed by atoms with van der Waals surface area (Å²) in [6.45, 7) is 2.85. The molecule has 0 spiro atoms. The molecule has 2 rings (SSSR count). The summed E-state index contributed by atoms with van der Waals surface area (Å²) in [5, 5.41) is 0.614. The van der Waals surface area contributed by atoms with Gasteiger partial charge in [0.1, 0.15) is 5.84 Å². The van der Waals surface area contributed by atoms with Crippen LogP contribution in [-0.2, 0) is 0 Å². The SMILES string of the molecule is CN=C(N)C1=CCC(C)(COc2ccc(Cl)cn2)CC1. The molecule has 0 radical (unpaired) electrons. The number of aliphatic imine (C=N–C) groups is 1. The summed E-state index contributed by atoms with van der Waals surface area (Å²) in [7, 11) is 1.72.